The standard InChI is InChI=1S/C14H22N6O3/c1-14(4-2-5-15,18-7-3-6-16)13-10-8-19-23-12(10)11(9-17-13)20(21)22/h8-9,18H,2-7,15-16H2,1H3. The van der Waals surface area contributed by atoms with E-state index in [2.05, 4.69) is 15.5 Å². The van der Waals surface area contributed by atoms with Crippen molar-refractivity contribution in [2.45, 2.75) is 31.7 Å². The first kappa shape index (κ1) is 17.3. The van der Waals surface area contributed by atoms with Crippen molar-refractivity contribution in [2.75, 3.05) is 19.6 Å². The van der Waals surface area contributed by atoms with Crippen LogP contribution in [0.15, 0.2) is 16.9 Å². The lowest BCUT2D eigenvalue weighted by atomic mass is 9.89. The Labute approximate surface area is 133 Å². The fraction of sp³-hybridized carbons (Fsp3) is 0.571. The number of aromatic nitrogens is 2. The molecule has 2 rings (SSSR count). The zero-order chi connectivity index (χ0) is 16.9. The molecule has 0 aliphatic heterocycles. The normalized spacial score (nSPS) is 14.0. The van der Waals surface area contributed by atoms with Gasteiger partial charge in [-0.25, -0.2) is 0 Å². The highest BCUT2D eigenvalue weighted by Crippen LogP contribution is 2.34. The minimum absolute atomic E-state index is 0.139. The van der Waals surface area contributed by atoms with Gasteiger partial charge in [-0.2, -0.15) is 0 Å². The number of hydrogen-bond donors (Lipinski definition) is 3. The van der Waals surface area contributed by atoms with Gasteiger partial charge in [0.2, 0.25) is 5.58 Å². The fourth-order valence-electron chi connectivity index (χ4n) is 2.63. The average Bonchev–Trinajstić information content (AvgIpc) is 3.01. The summed E-state index contributed by atoms with van der Waals surface area (Å²) >= 11 is 0. The van der Waals surface area contributed by atoms with Crippen LogP contribution in [0.5, 0.6) is 0 Å². The Morgan fingerprint density at radius 3 is 2.74 bits per heavy atom. The first-order valence-corrected chi connectivity index (χ1v) is 7.57. The summed E-state index contributed by atoms with van der Waals surface area (Å²) in [6.07, 6.45) is 5.03. The van der Waals surface area contributed by atoms with Gasteiger partial charge in [0.25, 0.3) is 0 Å². The summed E-state index contributed by atoms with van der Waals surface area (Å²) in [6, 6.07) is 0. The monoisotopic (exact) mass is 322 g/mol. The van der Waals surface area contributed by atoms with Crippen LogP contribution in [0.3, 0.4) is 0 Å². The van der Waals surface area contributed by atoms with Gasteiger partial charge >= 0.3 is 5.69 Å². The Kier molecular flexibility index (Phi) is 5.59. The summed E-state index contributed by atoms with van der Waals surface area (Å²) < 4.78 is 5.07. The van der Waals surface area contributed by atoms with Crippen LogP contribution < -0.4 is 16.8 Å². The molecule has 0 fully saturated rings. The van der Waals surface area contributed by atoms with E-state index in [4.69, 9.17) is 16.0 Å². The van der Waals surface area contributed by atoms with Crippen LogP contribution in [0.25, 0.3) is 11.0 Å². The number of nitrogens with two attached hydrogens (primary N) is 2. The maximum absolute atomic E-state index is 11.1. The molecule has 2 heterocycles. The highest BCUT2D eigenvalue weighted by Gasteiger charge is 2.32. The van der Waals surface area contributed by atoms with Crippen molar-refractivity contribution in [3.05, 3.63) is 28.2 Å². The maximum atomic E-state index is 11.1. The molecule has 0 bridgehead atoms. The van der Waals surface area contributed by atoms with Gasteiger partial charge in [-0.05, 0) is 45.8 Å². The first-order chi connectivity index (χ1) is 11.0. The van der Waals surface area contributed by atoms with Crippen LogP contribution in [0.2, 0.25) is 0 Å². The summed E-state index contributed by atoms with van der Waals surface area (Å²) in [5.41, 5.74) is 11.3. The molecule has 2 aromatic heterocycles. The third-order valence-electron chi connectivity index (χ3n) is 3.87. The lowest BCUT2D eigenvalue weighted by molar-refractivity contribution is -0.384. The van der Waals surface area contributed by atoms with Crippen molar-refractivity contribution in [1.29, 1.82) is 0 Å². The lowest BCUT2D eigenvalue weighted by Gasteiger charge is -2.31. The molecule has 0 saturated heterocycles. The molecular formula is C14H22N6O3. The third-order valence-corrected chi connectivity index (χ3v) is 3.87. The molecule has 5 N–H and O–H groups in total. The summed E-state index contributed by atoms with van der Waals surface area (Å²) in [5.74, 6) is 0. The van der Waals surface area contributed by atoms with Crippen LogP contribution in [-0.4, -0.2) is 34.7 Å². The highest BCUT2D eigenvalue weighted by molar-refractivity contribution is 5.86. The number of hydrogen-bond acceptors (Lipinski definition) is 8. The Bertz CT molecular complexity index is 674. The van der Waals surface area contributed by atoms with Crippen molar-refractivity contribution >= 4 is 16.7 Å². The van der Waals surface area contributed by atoms with E-state index in [-0.39, 0.29) is 11.3 Å². The zero-order valence-electron chi connectivity index (χ0n) is 13.1. The molecule has 126 valence electrons. The molecule has 0 aliphatic carbocycles. The largest absolute Gasteiger partial charge is 0.349 e. The topological polar surface area (TPSA) is 146 Å². The van der Waals surface area contributed by atoms with Gasteiger partial charge in [0.15, 0.2) is 0 Å². The first-order valence-electron chi connectivity index (χ1n) is 7.57. The summed E-state index contributed by atoms with van der Waals surface area (Å²) in [6.45, 7) is 3.84. The summed E-state index contributed by atoms with van der Waals surface area (Å²) in [5, 5.41) is 18.8. The quantitative estimate of drug-likeness (QED) is 0.352. The molecule has 2 aromatic rings. The third kappa shape index (κ3) is 3.63. The lowest BCUT2D eigenvalue weighted by Crippen LogP contribution is -2.42. The molecule has 23 heavy (non-hydrogen) atoms. The number of nitrogens with one attached hydrogen (secondary N) is 1. The highest BCUT2D eigenvalue weighted by atomic mass is 16.6. The fourth-order valence-corrected chi connectivity index (χ4v) is 2.63. The molecule has 0 aromatic carbocycles. The molecule has 9 heteroatoms. The molecule has 0 amide bonds. The van der Waals surface area contributed by atoms with Gasteiger partial charge < -0.3 is 21.3 Å². The van der Waals surface area contributed by atoms with Crippen LogP contribution in [0, 0.1) is 10.1 Å². The van der Waals surface area contributed by atoms with E-state index < -0.39 is 10.5 Å². The van der Waals surface area contributed by atoms with Gasteiger partial charge in [-0.3, -0.25) is 15.1 Å². The number of nitrogens with zero attached hydrogens (tertiary/aromatic N) is 3. The van der Waals surface area contributed by atoms with Crippen molar-refractivity contribution in [3.63, 3.8) is 0 Å². The van der Waals surface area contributed by atoms with Crippen LogP contribution in [-0.2, 0) is 5.54 Å². The average molecular weight is 322 g/mol. The zero-order valence-corrected chi connectivity index (χ0v) is 13.1. The number of fused-ring (bicyclic) bond motifs is 1. The Morgan fingerprint density at radius 2 is 2.09 bits per heavy atom. The molecule has 0 radical (unpaired) electrons. The Balaban J connectivity index is 2.45. The molecule has 0 spiro atoms. The SMILES string of the molecule is CC(CCCN)(NCCCN)c1ncc([N+](=O)[O-])c2oncc12. The predicted octanol–water partition coefficient (Wildman–Crippen LogP) is 1.02. The smallest absolute Gasteiger partial charge is 0.333 e. The second-order valence-electron chi connectivity index (χ2n) is 5.61. The molecular weight excluding hydrogens is 300 g/mol. The van der Waals surface area contributed by atoms with Crippen LogP contribution >= 0.6 is 0 Å². The molecule has 0 saturated carbocycles. The van der Waals surface area contributed by atoms with Gasteiger partial charge in [0, 0.05) is 0 Å². The second-order valence-corrected chi connectivity index (χ2v) is 5.61. The van der Waals surface area contributed by atoms with E-state index in [0.29, 0.717) is 30.7 Å². The van der Waals surface area contributed by atoms with E-state index in [9.17, 15) is 10.1 Å². The predicted molar refractivity (Wildman–Crippen MR) is 85.8 cm³/mol. The summed E-state index contributed by atoms with van der Waals surface area (Å²) in [4.78, 5) is 14.9. The maximum Gasteiger partial charge on any atom is 0.333 e. The van der Waals surface area contributed by atoms with Crippen molar-refractivity contribution in [3.8, 4) is 0 Å². The van der Waals surface area contributed by atoms with Crippen molar-refractivity contribution < 1.29 is 9.45 Å². The van der Waals surface area contributed by atoms with E-state index in [1.54, 1.807) is 0 Å². The van der Waals surface area contributed by atoms with E-state index >= 15 is 0 Å². The molecule has 1 unspecified atom stereocenters. The van der Waals surface area contributed by atoms with Crippen LogP contribution in [0.1, 0.15) is 31.9 Å². The summed E-state index contributed by atoms with van der Waals surface area (Å²) in [7, 11) is 0. The molecule has 9 nitrogen and oxygen atoms in total. The molecule has 0 aliphatic rings. The van der Waals surface area contributed by atoms with E-state index in [0.717, 1.165) is 19.3 Å². The number of rotatable bonds is 9. The molecule has 1 atom stereocenters. The number of nitro groups is 1. The minimum Gasteiger partial charge on any atom is -0.349 e. The van der Waals surface area contributed by atoms with Crippen molar-refractivity contribution in [2.24, 2.45) is 11.5 Å². The van der Waals surface area contributed by atoms with Gasteiger partial charge in [-0.15, -0.1) is 0 Å². The van der Waals surface area contributed by atoms with E-state index in [1.807, 2.05) is 6.92 Å². The Morgan fingerprint density at radius 1 is 1.35 bits per heavy atom. The van der Waals surface area contributed by atoms with Gasteiger partial charge in [0.05, 0.1) is 27.7 Å². The van der Waals surface area contributed by atoms with E-state index in [1.165, 1.54) is 12.4 Å². The van der Waals surface area contributed by atoms with Crippen molar-refractivity contribution in [1.82, 2.24) is 15.5 Å². The minimum atomic E-state index is -0.524. The van der Waals surface area contributed by atoms with Gasteiger partial charge in [0.1, 0.15) is 6.20 Å². The second kappa shape index (κ2) is 7.44. The Hall–Kier alpha value is -2.10. The van der Waals surface area contributed by atoms with Gasteiger partial charge in [-0.1, -0.05) is 5.16 Å². The van der Waals surface area contributed by atoms with Crippen LogP contribution in [0.4, 0.5) is 5.69 Å². The number of pyridine rings is 1.